The van der Waals surface area contributed by atoms with Gasteiger partial charge in [0.1, 0.15) is 0 Å². The molecule has 0 saturated carbocycles. The Morgan fingerprint density at radius 2 is 2.07 bits per heavy atom. The molecule has 6 nitrogen and oxygen atoms in total. The van der Waals surface area contributed by atoms with Crippen LogP contribution >= 0.6 is 11.6 Å². The van der Waals surface area contributed by atoms with Crippen molar-refractivity contribution in [3.05, 3.63) is 34.9 Å². The number of carbonyl (C=O) groups is 2. The normalized spacial score (nSPS) is 21.3. The Bertz CT molecular complexity index is 649. The number of benzene rings is 1. The van der Waals surface area contributed by atoms with Gasteiger partial charge in [0.25, 0.3) is 0 Å². The van der Waals surface area contributed by atoms with Gasteiger partial charge in [-0.05, 0) is 30.5 Å². The summed E-state index contributed by atoms with van der Waals surface area (Å²) in [4.78, 5) is 29.0. The molecule has 7 heteroatoms. The fourth-order valence-electron chi connectivity index (χ4n) is 3.64. The SMILES string of the molecule is O=C(NCc1cccc(Cl)c1)[C@@H]1CCC(=O)N(CCCN2CCOCC2)C1. The first kappa shape index (κ1) is 20.1. The van der Waals surface area contributed by atoms with Gasteiger partial charge in [0.2, 0.25) is 11.8 Å². The van der Waals surface area contributed by atoms with Gasteiger partial charge in [-0.15, -0.1) is 0 Å². The fraction of sp³-hybridized carbons (Fsp3) is 0.600. The van der Waals surface area contributed by atoms with Gasteiger partial charge in [-0.25, -0.2) is 0 Å². The third-order valence-electron chi connectivity index (χ3n) is 5.23. The summed E-state index contributed by atoms with van der Waals surface area (Å²) < 4.78 is 5.36. The summed E-state index contributed by atoms with van der Waals surface area (Å²) in [6, 6.07) is 7.48. The third-order valence-corrected chi connectivity index (χ3v) is 5.47. The van der Waals surface area contributed by atoms with Gasteiger partial charge in [0.05, 0.1) is 19.1 Å². The molecule has 3 rings (SSSR count). The van der Waals surface area contributed by atoms with Crippen molar-refractivity contribution < 1.29 is 14.3 Å². The molecule has 148 valence electrons. The predicted molar refractivity (Wildman–Crippen MR) is 104 cm³/mol. The van der Waals surface area contributed by atoms with Gasteiger partial charge < -0.3 is 15.0 Å². The molecule has 0 radical (unpaired) electrons. The molecule has 2 aliphatic rings. The highest BCUT2D eigenvalue weighted by Gasteiger charge is 2.29. The number of rotatable bonds is 7. The van der Waals surface area contributed by atoms with Crippen LogP contribution in [0.15, 0.2) is 24.3 Å². The lowest BCUT2D eigenvalue weighted by Gasteiger charge is -2.33. The average Bonchev–Trinajstić information content (AvgIpc) is 2.68. The van der Waals surface area contributed by atoms with Crippen LogP contribution in [-0.4, -0.2) is 67.6 Å². The number of nitrogens with one attached hydrogen (secondary N) is 1. The van der Waals surface area contributed by atoms with Crippen molar-refractivity contribution in [2.24, 2.45) is 5.92 Å². The van der Waals surface area contributed by atoms with E-state index in [0.717, 1.165) is 44.8 Å². The van der Waals surface area contributed by atoms with Crippen LogP contribution in [0.4, 0.5) is 0 Å². The first-order chi connectivity index (χ1) is 13.1. The number of likely N-dealkylation sites (tertiary alicyclic amines) is 1. The largest absolute Gasteiger partial charge is 0.379 e. The number of ether oxygens (including phenoxy) is 1. The van der Waals surface area contributed by atoms with Crippen LogP contribution in [0.2, 0.25) is 5.02 Å². The minimum absolute atomic E-state index is 0.0145. The summed E-state index contributed by atoms with van der Waals surface area (Å²) in [5, 5.41) is 3.64. The number of morpholine rings is 1. The van der Waals surface area contributed by atoms with Crippen molar-refractivity contribution in [1.82, 2.24) is 15.1 Å². The summed E-state index contributed by atoms with van der Waals surface area (Å²) in [6.45, 7) is 6.16. The number of hydrogen-bond acceptors (Lipinski definition) is 4. The zero-order valence-electron chi connectivity index (χ0n) is 15.7. The quantitative estimate of drug-likeness (QED) is 0.768. The van der Waals surface area contributed by atoms with Gasteiger partial charge in [0.15, 0.2) is 0 Å². The highest BCUT2D eigenvalue weighted by atomic mass is 35.5. The van der Waals surface area contributed by atoms with E-state index in [1.54, 1.807) is 0 Å². The fourth-order valence-corrected chi connectivity index (χ4v) is 3.85. The van der Waals surface area contributed by atoms with Crippen molar-refractivity contribution in [3.8, 4) is 0 Å². The Kier molecular flexibility index (Phi) is 7.50. The molecule has 0 aliphatic carbocycles. The standard InChI is InChI=1S/C20H28ClN3O3/c21-18-4-1-3-16(13-18)14-22-20(26)17-5-6-19(25)24(15-17)8-2-7-23-9-11-27-12-10-23/h1,3-4,13,17H,2,5-12,14-15H2,(H,22,26)/t17-/m1/s1. The van der Waals surface area contributed by atoms with Crippen molar-refractivity contribution >= 4 is 23.4 Å². The molecule has 1 aromatic rings. The molecule has 2 heterocycles. The lowest BCUT2D eigenvalue weighted by Crippen LogP contribution is -2.46. The maximum absolute atomic E-state index is 12.5. The van der Waals surface area contributed by atoms with Gasteiger partial charge in [-0.3, -0.25) is 14.5 Å². The van der Waals surface area contributed by atoms with Crippen molar-refractivity contribution in [3.63, 3.8) is 0 Å². The van der Waals surface area contributed by atoms with Crippen LogP contribution in [0, 0.1) is 5.92 Å². The van der Waals surface area contributed by atoms with E-state index in [2.05, 4.69) is 10.2 Å². The Morgan fingerprint density at radius 3 is 2.85 bits per heavy atom. The van der Waals surface area contributed by atoms with E-state index in [1.807, 2.05) is 29.2 Å². The first-order valence-corrected chi connectivity index (χ1v) is 10.1. The second-order valence-electron chi connectivity index (χ2n) is 7.23. The summed E-state index contributed by atoms with van der Waals surface area (Å²) in [7, 11) is 0. The number of halogens is 1. The second-order valence-corrected chi connectivity index (χ2v) is 7.67. The molecule has 1 aromatic carbocycles. The zero-order chi connectivity index (χ0) is 19.1. The van der Waals surface area contributed by atoms with Crippen LogP contribution in [0.5, 0.6) is 0 Å². The van der Waals surface area contributed by atoms with E-state index < -0.39 is 0 Å². The Morgan fingerprint density at radius 1 is 1.26 bits per heavy atom. The molecule has 1 atom stereocenters. The Balaban J connectivity index is 1.42. The number of amides is 2. The summed E-state index contributed by atoms with van der Waals surface area (Å²) in [5.74, 6) is 0.0433. The van der Waals surface area contributed by atoms with Crippen LogP contribution in [0.25, 0.3) is 0 Å². The Hall–Kier alpha value is -1.63. The molecule has 2 fully saturated rings. The predicted octanol–water partition coefficient (Wildman–Crippen LogP) is 1.92. The molecule has 2 saturated heterocycles. The smallest absolute Gasteiger partial charge is 0.225 e. The van der Waals surface area contributed by atoms with Crippen molar-refractivity contribution in [1.29, 1.82) is 0 Å². The second kappa shape index (κ2) is 10.1. The van der Waals surface area contributed by atoms with Crippen LogP contribution in [0.3, 0.4) is 0 Å². The number of piperidine rings is 1. The van der Waals surface area contributed by atoms with Gasteiger partial charge in [-0.2, -0.15) is 0 Å². The molecule has 2 amide bonds. The number of nitrogens with zero attached hydrogens (tertiary/aromatic N) is 2. The van der Waals surface area contributed by atoms with Crippen LogP contribution in [-0.2, 0) is 20.9 Å². The molecular weight excluding hydrogens is 366 g/mol. The highest BCUT2D eigenvalue weighted by molar-refractivity contribution is 6.30. The van der Waals surface area contributed by atoms with Gasteiger partial charge in [0, 0.05) is 50.7 Å². The van der Waals surface area contributed by atoms with E-state index in [4.69, 9.17) is 16.3 Å². The summed E-state index contributed by atoms with van der Waals surface area (Å²) in [6.07, 6.45) is 2.01. The maximum Gasteiger partial charge on any atom is 0.225 e. The van der Waals surface area contributed by atoms with E-state index in [-0.39, 0.29) is 17.7 Å². The van der Waals surface area contributed by atoms with E-state index in [1.165, 1.54) is 0 Å². The monoisotopic (exact) mass is 393 g/mol. The molecule has 27 heavy (non-hydrogen) atoms. The van der Waals surface area contributed by atoms with E-state index in [9.17, 15) is 9.59 Å². The lowest BCUT2D eigenvalue weighted by molar-refractivity contribution is -0.138. The minimum atomic E-state index is -0.134. The molecule has 0 aromatic heterocycles. The minimum Gasteiger partial charge on any atom is -0.379 e. The molecule has 0 bridgehead atoms. The van der Waals surface area contributed by atoms with Gasteiger partial charge >= 0.3 is 0 Å². The van der Waals surface area contributed by atoms with Gasteiger partial charge in [-0.1, -0.05) is 23.7 Å². The Labute approximate surface area is 165 Å². The average molecular weight is 394 g/mol. The summed E-state index contributed by atoms with van der Waals surface area (Å²) in [5.41, 5.74) is 0.977. The lowest BCUT2D eigenvalue weighted by atomic mass is 9.96. The first-order valence-electron chi connectivity index (χ1n) is 9.72. The molecular formula is C20H28ClN3O3. The van der Waals surface area contributed by atoms with Crippen molar-refractivity contribution in [2.75, 3.05) is 45.9 Å². The molecule has 2 aliphatic heterocycles. The van der Waals surface area contributed by atoms with E-state index in [0.29, 0.717) is 37.5 Å². The summed E-state index contributed by atoms with van der Waals surface area (Å²) >= 11 is 5.98. The molecule has 0 spiro atoms. The highest BCUT2D eigenvalue weighted by Crippen LogP contribution is 2.19. The van der Waals surface area contributed by atoms with Crippen LogP contribution < -0.4 is 5.32 Å². The number of hydrogen-bond donors (Lipinski definition) is 1. The topological polar surface area (TPSA) is 61.9 Å². The van der Waals surface area contributed by atoms with Crippen molar-refractivity contribution in [2.45, 2.75) is 25.8 Å². The molecule has 1 N–H and O–H groups in total. The zero-order valence-corrected chi connectivity index (χ0v) is 16.4. The maximum atomic E-state index is 12.5. The number of carbonyl (C=O) groups excluding carboxylic acids is 2. The third kappa shape index (κ3) is 6.19. The molecule has 0 unspecified atom stereocenters. The van der Waals surface area contributed by atoms with E-state index >= 15 is 0 Å². The van der Waals surface area contributed by atoms with Crippen LogP contribution in [0.1, 0.15) is 24.8 Å².